The van der Waals surface area contributed by atoms with Crippen molar-refractivity contribution in [2.24, 2.45) is 0 Å². The first-order chi connectivity index (χ1) is 15.4. The van der Waals surface area contributed by atoms with Gasteiger partial charge in [0.25, 0.3) is 0 Å². The molecule has 168 valence electrons. The summed E-state index contributed by atoms with van der Waals surface area (Å²) in [5.74, 6) is 0.916. The highest BCUT2D eigenvalue weighted by molar-refractivity contribution is 6.43. The van der Waals surface area contributed by atoms with Crippen molar-refractivity contribution in [1.82, 2.24) is 4.90 Å². The molecular weight excluding hydrogens is 454 g/mol. The summed E-state index contributed by atoms with van der Waals surface area (Å²) < 4.78 is 24.0. The molecule has 3 aromatic rings. The zero-order chi connectivity index (χ0) is 23.1. The largest absolute Gasteiger partial charge is 0.493 e. The molecule has 3 aromatic carbocycles. The fourth-order valence-electron chi connectivity index (χ4n) is 3.16. The van der Waals surface area contributed by atoms with E-state index in [9.17, 15) is 9.18 Å². The van der Waals surface area contributed by atoms with Gasteiger partial charge in [-0.25, -0.2) is 9.18 Å². The molecular formula is C24H23Cl2FN2O3. The number of carbonyl (C=O) groups excluding carboxylic acids is 1. The molecule has 0 atom stereocenters. The van der Waals surface area contributed by atoms with Crippen LogP contribution in [0.25, 0.3) is 0 Å². The second-order valence-corrected chi connectivity index (χ2v) is 7.80. The molecule has 0 saturated heterocycles. The Morgan fingerprint density at radius 2 is 1.66 bits per heavy atom. The predicted octanol–water partition coefficient (Wildman–Crippen LogP) is 6.43. The minimum atomic E-state index is -0.348. The second kappa shape index (κ2) is 11.1. The summed E-state index contributed by atoms with van der Waals surface area (Å²) >= 11 is 12.3. The van der Waals surface area contributed by atoms with E-state index >= 15 is 0 Å². The standard InChI is InChI=1S/C24H23Cl2FN2O3/c1-31-21-11-8-16(14-22(21)32-2)12-13-29(15-17-6-9-18(27)10-7-17)24(30)28-20-5-3-4-19(25)23(20)26/h3-11,14H,12-13,15H2,1-2H3,(H,28,30). The summed E-state index contributed by atoms with van der Waals surface area (Å²) in [5, 5.41) is 3.43. The van der Waals surface area contributed by atoms with Gasteiger partial charge in [0.2, 0.25) is 0 Å². The number of halogens is 3. The molecule has 5 nitrogen and oxygen atoms in total. The van der Waals surface area contributed by atoms with Crippen molar-refractivity contribution < 1.29 is 18.7 Å². The number of rotatable bonds is 8. The maximum absolute atomic E-state index is 13.3. The van der Waals surface area contributed by atoms with Crippen molar-refractivity contribution in [1.29, 1.82) is 0 Å². The van der Waals surface area contributed by atoms with Crippen molar-refractivity contribution in [3.05, 3.63) is 87.7 Å². The molecule has 0 spiro atoms. The Bertz CT molecular complexity index is 1080. The second-order valence-electron chi connectivity index (χ2n) is 7.02. The van der Waals surface area contributed by atoms with Crippen molar-refractivity contribution >= 4 is 34.9 Å². The Morgan fingerprint density at radius 3 is 2.34 bits per heavy atom. The number of carbonyl (C=O) groups is 1. The van der Waals surface area contributed by atoms with Gasteiger partial charge in [0, 0.05) is 13.1 Å². The number of ether oxygens (including phenoxy) is 2. The number of nitrogens with zero attached hydrogens (tertiary/aromatic N) is 1. The van der Waals surface area contributed by atoms with Crippen LogP contribution in [-0.2, 0) is 13.0 Å². The Kier molecular flexibility index (Phi) is 8.20. The highest BCUT2D eigenvalue weighted by Crippen LogP contribution is 2.30. The fraction of sp³-hybridized carbons (Fsp3) is 0.208. The smallest absolute Gasteiger partial charge is 0.322 e. The van der Waals surface area contributed by atoms with Crippen LogP contribution in [0, 0.1) is 5.82 Å². The first kappa shape index (κ1) is 23.7. The van der Waals surface area contributed by atoms with Crippen LogP contribution in [0.1, 0.15) is 11.1 Å². The predicted molar refractivity (Wildman–Crippen MR) is 126 cm³/mol. The summed E-state index contributed by atoms with van der Waals surface area (Å²) in [5.41, 5.74) is 2.19. The molecule has 0 radical (unpaired) electrons. The zero-order valence-corrected chi connectivity index (χ0v) is 19.2. The van der Waals surface area contributed by atoms with E-state index in [2.05, 4.69) is 5.32 Å². The fourth-order valence-corrected chi connectivity index (χ4v) is 3.51. The summed E-state index contributed by atoms with van der Waals surface area (Å²) in [6.07, 6.45) is 0.568. The van der Waals surface area contributed by atoms with E-state index in [0.29, 0.717) is 35.2 Å². The number of hydrogen-bond acceptors (Lipinski definition) is 3. The molecule has 0 aliphatic carbocycles. The van der Waals surface area contributed by atoms with Gasteiger partial charge >= 0.3 is 6.03 Å². The Labute approximate surface area is 196 Å². The summed E-state index contributed by atoms with van der Waals surface area (Å²) in [6, 6.07) is 16.3. The number of methoxy groups -OCH3 is 2. The van der Waals surface area contributed by atoms with Crippen molar-refractivity contribution in [3.63, 3.8) is 0 Å². The minimum absolute atomic E-state index is 0.268. The molecule has 8 heteroatoms. The number of anilines is 1. The quantitative estimate of drug-likeness (QED) is 0.407. The van der Waals surface area contributed by atoms with Crippen LogP contribution in [-0.4, -0.2) is 31.7 Å². The lowest BCUT2D eigenvalue weighted by atomic mass is 10.1. The van der Waals surface area contributed by atoms with Crippen molar-refractivity contribution in [3.8, 4) is 11.5 Å². The van der Waals surface area contributed by atoms with Crippen LogP contribution in [0.4, 0.5) is 14.9 Å². The van der Waals surface area contributed by atoms with Crippen LogP contribution >= 0.6 is 23.2 Å². The molecule has 0 fully saturated rings. The monoisotopic (exact) mass is 476 g/mol. The minimum Gasteiger partial charge on any atom is -0.493 e. The van der Waals surface area contributed by atoms with E-state index in [1.165, 1.54) is 12.1 Å². The average Bonchev–Trinajstić information content (AvgIpc) is 2.80. The Balaban J connectivity index is 1.79. The van der Waals surface area contributed by atoms with Gasteiger partial charge < -0.3 is 19.7 Å². The van der Waals surface area contributed by atoms with Gasteiger partial charge in [0.05, 0.1) is 30.0 Å². The van der Waals surface area contributed by atoms with E-state index in [1.807, 2.05) is 18.2 Å². The van der Waals surface area contributed by atoms with Crippen LogP contribution < -0.4 is 14.8 Å². The lowest BCUT2D eigenvalue weighted by Crippen LogP contribution is -2.36. The molecule has 0 heterocycles. The summed E-state index contributed by atoms with van der Waals surface area (Å²) in [4.78, 5) is 14.7. The molecule has 0 aromatic heterocycles. The SMILES string of the molecule is COc1ccc(CCN(Cc2ccc(F)cc2)C(=O)Nc2cccc(Cl)c2Cl)cc1OC. The van der Waals surface area contributed by atoms with Crippen LogP contribution in [0.2, 0.25) is 10.0 Å². The molecule has 0 saturated carbocycles. The highest BCUT2D eigenvalue weighted by Gasteiger charge is 2.17. The van der Waals surface area contributed by atoms with Gasteiger partial charge in [0.1, 0.15) is 5.82 Å². The lowest BCUT2D eigenvalue weighted by Gasteiger charge is -2.24. The van der Waals surface area contributed by atoms with E-state index < -0.39 is 0 Å². The maximum atomic E-state index is 13.3. The third kappa shape index (κ3) is 6.05. The summed E-state index contributed by atoms with van der Waals surface area (Å²) in [7, 11) is 3.15. The average molecular weight is 477 g/mol. The molecule has 0 aliphatic rings. The van der Waals surface area contributed by atoms with Crippen LogP contribution in [0.5, 0.6) is 11.5 Å². The topological polar surface area (TPSA) is 50.8 Å². The number of nitrogens with one attached hydrogen (secondary N) is 1. The molecule has 0 unspecified atom stereocenters. The first-order valence-electron chi connectivity index (χ1n) is 9.86. The molecule has 0 aliphatic heterocycles. The van der Waals surface area contributed by atoms with E-state index in [1.54, 1.807) is 49.5 Å². The van der Waals surface area contributed by atoms with E-state index in [4.69, 9.17) is 32.7 Å². The van der Waals surface area contributed by atoms with Crippen LogP contribution in [0.15, 0.2) is 60.7 Å². The molecule has 2 amide bonds. The van der Waals surface area contributed by atoms with Gasteiger partial charge in [-0.1, -0.05) is 47.5 Å². The third-order valence-corrected chi connectivity index (χ3v) is 5.70. The van der Waals surface area contributed by atoms with E-state index in [-0.39, 0.29) is 23.4 Å². The Hall–Kier alpha value is -2.96. The van der Waals surface area contributed by atoms with Crippen molar-refractivity contribution in [2.45, 2.75) is 13.0 Å². The third-order valence-electron chi connectivity index (χ3n) is 4.89. The zero-order valence-electron chi connectivity index (χ0n) is 17.7. The van der Waals surface area contributed by atoms with Gasteiger partial charge in [-0.15, -0.1) is 0 Å². The summed E-state index contributed by atoms with van der Waals surface area (Å²) in [6.45, 7) is 0.689. The number of hydrogen-bond donors (Lipinski definition) is 1. The normalized spacial score (nSPS) is 10.5. The molecule has 3 rings (SSSR count). The Morgan fingerprint density at radius 1 is 0.969 bits per heavy atom. The van der Waals surface area contributed by atoms with Gasteiger partial charge in [-0.05, 0) is 53.9 Å². The number of benzene rings is 3. The van der Waals surface area contributed by atoms with Gasteiger partial charge in [-0.2, -0.15) is 0 Å². The number of amides is 2. The van der Waals surface area contributed by atoms with Gasteiger partial charge in [-0.3, -0.25) is 0 Å². The van der Waals surface area contributed by atoms with Gasteiger partial charge in [0.15, 0.2) is 11.5 Å². The highest BCUT2D eigenvalue weighted by atomic mass is 35.5. The lowest BCUT2D eigenvalue weighted by molar-refractivity contribution is 0.210. The maximum Gasteiger partial charge on any atom is 0.322 e. The molecule has 32 heavy (non-hydrogen) atoms. The van der Waals surface area contributed by atoms with E-state index in [0.717, 1.165) is 11.1 Å². The number of urea groups is 1. The molecule has 0 bridgehead atoms. The van der Waals surface area contributed by atoms with Crippen LogP contribution in [0.3, 0.4) is 0 Å². The van der Waals surface area contributed by atoms with Crippen molar-refractivity contribution in [2.75, 3.05) is 26.1 Å². The molecule has 1 N–H and O–H groups in total. The first-order valence-corrected chi connectivity index (χ1v) is 10.6.